The van der Waals surface area contributed by atoms with Crippen molar-refractivity contribution in [2.24, 2.45) is 0 Å². The summed E-state index contributed by atoms with van der Waals surface area (Å²) in [5.41, 5.74) is 2.54. The number of benzene rings is 1. The van der Waals surface area contributed by atoms with Crippen molar-refractivity contribution in [3.63, 3.8) is 0 Å². The fourth-order valence-corrected chi connectivity index (χ4v) is 2.33. The molecular weight excluding hydrogens is 216 g/mol. The summed E-state index contributed by atoms with van der Waals surface area (Å²) in [6, 6.07) is 4.23. The predicted octanol–water partition coefficient (Wildman–Crippen LogP) is 1.39. The summed E-state index contributed by atoms with van der Waals surface area (Å²) >= 11 is 0. The van der Waals surface area contributed by atoms with Crippen molar-refractivity contribution in [1.29, 1.82) is 0 Å². The van der Waals surface area contributed by atoms with Crippen molar-refractivity contribution >= 4 is 5.69 Å². The summed E-state index contributed by atoms with van der Waals surface area (Å²) in [5, 5.41) is 3.42. The molecule has 0 unspecified atom stereocenters. The molecule has 1 N–H and O–H groups in total. The van der Waals surface area contributed by atoms with Gasteiger partial charge in [0, 0.05) is 44.9 Å². The molecule has 0 spiro atoms. The molecule has 4 nitrogen and oxygen atoms in total. The molecule has 1 aromatic carbocycles. The first-order chi connectivity index (χ1) is 8.34. The summed E-state index contributed by atoms with van der Waals surface area (Å²) in [6.45, 7) is 4.42. The predicted molar refractivity (Wildman–Crippen MR) is 67.0 cm³/mol. The number of hydrogen-bond donors (Lipinski definition) is 1. The number of rotatable bonds is 0. The molecule has 0 amide bonds. The van der Waals surface area contributed by atoms with Gasteiger partial charge in [-0.05, 0) is 11.6 Å². The number of nitrogens with zero attached hydrogens (tertiary/aromatic N) is 1. The summed E-state index contributed by atoms with van der Waals surface area (Å²) < 4.78 is 11.5. The van der Waals surface area contributed by atoms with Crippen LogP contribution in [0, 0.1) is 0 Å². The van der Waals surface area contributed by atoms with Crippen LogP contribution in [-0.2, 0) is 6.54 Å². The van der Waals surface area contributed by atoms with E-state index in [9.17, 15) is 0 Å². The van der Waals surface area contributed by atoms with Crippen molar-refractivity contribution in [2.75, 3.05) is 38.3 Å². The van der Waals surface area contributed by atoms with Gasteiger partial charge in [0.1, 0.15) is 0 Å². The third-order valence-corrected chi connectivity index (χ3v) is 3.30. The van der Waals surface area contributed by atoms with E-state index < -0.39 is 0 Å². The lowest BCUT2D eigenvalue weighted by Crippen LogP contribution is -2.24. The monoisotopic (exact) mass is 234 g/mol. The zero-order chi connectivity index (χ0) is 11.7. The van der Waals surface area contributed by atoms with Gasteiger partial charge in [0.2, 0.25) is 0 Å². The molecule has 3 rings (SSSR count). The van der Waals surface area contributed by atoms with E-state index in [0.717, 1.165) is 50.8 Å². The Kier molecular flexibility index (Phi) is 2.81. The molecule has 0 saturated carbocycles. The van der Waals surface area contributed by atoms with Crippen LogP contribution in [0.2, 0.25) is 0 Å². The second kappa shape index (κ2) is 4.45. The third kappa shape index (κ3) is 2.05. The van der Waals surface area contributed by atoms with E-state index in [1.165, 1.54) is 11.3 Å². The topological polar surface area (TPSA) is 33.7 Å². The first-order valence-electron chi connectivity index (χ1n) is 6.19. The quantitative estimate of drug-likeness (QED) is 0.735. The molecule has 1 aromatic rings. The lowest BCUT2D eigenvalue weighted by atomic mass is 10.1. The van der Waals surface area contributed by atoms with Crippen LogP contribution in [0.25, 0.3) is 0 Å². The first-order valence-corrected chi connectivity index (χ1v) is 6.19. The molecule has 2 aliphatic rings. The minimum atomic E-state index is 0.744. The molecule has 0 aromatic heterocycles. The SMILES string of the molecule is CN1CCNCc2cc3c(cc21)OCCCO3. The van der Waals surface area contributed by atoms with E-state index in [4.69, 9.17) is 9.47 Å². The second-order valence-electron chi connectivity index (χ2n) is 4.58. The molecule has 0 radical (unpaired) electrons. The Morgan fingerprint density at radius 3 is 2.76 bits per heavy atom. The molecule has 2 heterocycles. The van der Waals surface area contributed by atoms with Crippen LogP contribution >= 0.6 is 0 Å². The maximum Gasteiger partial charge on any atom is 0.163 e. The largest absolute Gasteiger partial charge is 0.490 e. The number of hydrogen-bond acceptors (Lipinski definition) is 4. The van der Waals surface area contributed by atoms with Crippen molar-refractivity contribution in [3.8, 4) is 11.5 Å². The van der Waals surface area contributed by atoms with Gasteiger partial charge in [0.15, 0.2) is 11.5 Å². The average molecular weight is 234 g/mol. The van der Waals surface area contributed by atoms with Crippen LogP contribution in [0.15, 0.2) is 12.1 Å². The van der Waals surface area contributed by atoms with E-state index in [-0.39, 0.29) is 0 Å². The van der Waals surface area contributed by atoms with Crippen LogP contribution in [0.3, 0.4) is 0 Å². The summed E-state index contributed by atoms with van der Waals surface area (Å²) in [7, 11) is 2.12. The standard InChI is InChI=1S/C13H18N2O2/c1-15-4-3-14-9-10-7-12-13(8-11(10)15)17-6-2-5-16-12/h7-8,14H,2-6,9H2,1H3. The van der Waals surface area contributed by atoms with Crippen molar-refractivity contribution in [3.05, 3.63) is 17.7 Å². The van der Waals surface area contributed by atoms with Gasteiger partial charge in [0.25, 0.3) is 0 Å². The maximum atomic E-state index is 5.73. The van der Waals surface area contributed by atoms with Crippen molar-refractivity contribution < 1.29 is 9.47 Å². The number of nitrogens with one attached hydrogen (secondary N) is 1. The van der Waals surface area contributed by atoms with Gasteiger partial charge in [-0.1, -0.05) is 0 Å². The summed E-state index contributed by atoms with van der Waals surface area (Å²) in [6.07, 6.45) is 0.952. The summed E-state index contributed by atoms with van der Waals surface area (Å²) in [5.74, 6) is 1.77. The van der Waals surface area contributed by atoms with E-state index in [1.54, 1.807) is 0 Å². The Morgan fingerprint density at radius 1 is 1.18 bits per heavy atom. The molecule has 17 heavy (non-hydrogen) atoms. The molecule has 0 bridgehead atoms. The molecule has 2 aliphatic heterocycles. The number of anilines is 1. The molecular formula is C13H18N2O2. The van der Waals surface area contributed by atoms with Crippen LogP contribution in [0.5, 0.6) is 11.5 Å². The van der Waals surface area contributed by atoms with E-state index in [2.05, 4.69) is 29.4 Å². The fourth-order valence-electron chi connectivity index (χ4n) is 2.33. The maximum absolute atomic E-state index is 5.73. The molecule has 92 valence electrons. The smallest absolute Gasteiger partial charge is 0.163 e. The zero-order valence-electron chi connectivity index (χ0n) is 10.2. The lowest BCUT2D eigenvalue weighted by molar-refractivity contribution is 0.297. The minimum absolute atomic E-state index is 0.744. The van der Waals surface area contributed by atoms with Gasteiger partial charge in [-0.3, -0.25) is 0 Å². The lowest BCUT2D eigenvalue weighted by Gasteiger charge is -2.20. The molecule has 0 aliphatic carbocycles. The third-order valence-electron chi connectivity index (χ3n) is 3.30. The molecule has 0 fully saturated rings. The zero-order valence-corrected chi connectivity index (χ0v) is 10.2. The number of likely N-dealkylation sites (N-methyl/N-ethyl adjacent to an activating group) is 1. The Bertz CT molecular complexity index is 420. The highest BCUT2D eigenvalue weighted by molar-refractivity contribution is 5.62. The van der Waals surface area contributed by atoms with Crippen molar-refractivity contribution in [1.82, 2.24) is 5.32 Å². The van der Waals surface area contributed by atoms with Crippen LogP contribution < -0.4 is 19.7 Å². The molecule has 4 heteroatoms. The highest BCUT2D eigenvalue weighted by Crippen LogP contribution is 2.36. The van der Waals surface area contributed by atoms with Crippen LogP contribution in [0.4, 0.5) is 5.69 Å². The minimum Gasteiger partial charge on any atom is -0.490 e. The van der Waals surface area contributed by atoms with E-state index >= 15 is 0 Å². The van der Waals surface area contributed by atoms with Gasteiger partial charge >= 0.3 is 0 Å². The highest BCUT2D eigenvalue weighted by Gasteiger charge is 2.18. The van der Waals surface area contributed by atoms with Crippen molar-refractivity contribution in [2.45, 2.75) is 13.0 Å². The van der Waals surface area contributed by atoms with Gasteiger partial charge in [-0.25, -0.2) is 0 Å². The van der Waals surface area contributed by atoms with Gasteiger partial charge in [-0.15, -0.1) is 0 Å². The number of ether oxygens (including phenoxy) is 2. The molecule has 0 atom stereocenters. The Morgan fingerprint density at radius 2 is 1.94 bits per heavy atom. The van der Waals surface area contributed by atoms with Crippen LogP contribution in [0.1, 0.15) is 12.0 Å². The number of fused-ring (bicyclic) bond motifs is 2. The highest BCUT2D eigenvalue weighted by atomic mass is 16.5. The van der Waals surface area contributed by atoms with Gasteiger partial charge < -0.3 is 19.7 Å². The first kappa shape index (κ1) is 10.7. The van der Waals surface area contributed by atoms with E-state index in [0.29, 0.717) is 0 Å². The van der Waals surface area contributed by atoms with Gasteiger partial charge in [-0.2, -0.15) is 0 Å². The Labute approximate surface area is 102 Å². The Balaban J connectivity index is 2.03. The van der Waals surface area contributed by atoms with Gasteiger partial charge in [0.05, 0.1) is 13.2 Å². The summed E-state index contributed by atoms with van der Waals surface area (Å²) in [4.78, 5) is 2.27. The Hall–Kier alpha value is -1.42. The van der Waals surface area contributed by atoms with Crippen LogP contribution in [-0.4, -0.2) is 33.4 Å². The second-order valence-corrected chi connectivity index (χ2v) is 4.58. The molecule has 0 saturated heterocycles. The van der Waals surface area contributed by atoms with E-state index in [1.807, 2.05) is 0 Å². The average Bonchev–Trinajstić information content (AvgIpc) is 2.66. The normalized spacial score (nSPS) is 19.2. The fraction of sp³-hybridized carbons (Fsp3) is 0.538.